The first-order chi connectivity index (χ1) is 13.5. The Morgan fingerprint density at radius 1 is 1.11 bits per heavy atom. The first-order valence-electron chi connectivity index (χ1n) is 8.78. The van der Waals surface area contributed by atoms with Crippen LogP contribution in [-0.2, 0) is 16.1 Å². The number of nitrogens with zero attached hydrogens (tertiary/aromatic N) is 1. The second kappa shape index (κ2) is 7.09. The number of carbonyl (C=O) groups excluding carboxylic acids is 4. The molecule has 1 unspecified atom stereocenters. The minimum absolute atomic E-state index is 0.180. The zero-order valence-corrected chi connectivity index (χ0v) is 15.5. The van der Waals surface area contributed by atoms with Crippen molar-refractivity contribution in [2.24, 2.45) is 0 Å². The largest absolute Gasteiger partial charge is 0.322 e. The average Bonchev–Trinajstić information content (AvgIpc) is 3.00. The molecular formula is C20H16ClN3O4. The van der Waals surface area contributed by atoms with E-state index in [4.69, 9.17) is 11.6 Å². The number of carbonyl (C=O) groups is 4. The number of rotatable bonds is 3. The lowest BCUT2D eigenvalue weighted by atomic mass is 10.0. The molecule has 0 saturated carbocycles. The fourth-order valence-corrected chi connectivity index (χ4v) is 3.76. The molecule has 0 bridgehead atoms. The van der Waals surface area contributed by atoms with Crippen LogP contribution in [0.25, 0.3) is 0 Å². The molecule has 0 spiro atoms. The maximum Gasteiger partial charge on any atom is 0.257 e. The topological polar surface area (TPSA) is 95.6 Å². The van der Waals surface area contributed by atoms with Crippen LogP contribution >= 0.6 is 11.6 Å². The smallest absolute Gasteiger partial charge is 0.257 e. The van der Waals surface area contributed by atoms with Crippen molar-refractivity contribution in [2.45, 2.75) is 25.4 Å². The fourth-order valence-electron chi connectivity index (χ4n) is 3.54. The van der Waals surface area contributed by atoms with Crippen LogP contribution in [0.2, 0.25) is 5.02 Å². The Hall–Kier alpha value is -3.19. The van der Waals surface area contributed by atoms with E-state index in [-0.39, 0.29) is 37.1 Å². The summed E-state index contributed by atoms with van der Waals surface area (Å²) in [6.07, 6.45) is 0.471. The first-order valence-corrected chi connectivity index (χ1v) is 9.16. The summed E-state index contributed by atoms with van der Waals surface area (Å²) in [5, 5.41) is 5.40. The number of hydrogen-bond donors (Lipinski definition) is 2. The molecular weight excluding hydrogens is 382 g/mol. The molecule has 0 aromatic heterocycles. The van der Waals surface area contributed by atoms with Crippen molar-refractivity contribution in [3.8, 4) is 0 Å². The molecule has 1 atom stereocenters. The van der Waals surface area contributed by atoms with E-state index >= 15 is 0 Å². The number of piperidine rings is 1. The quantitative estimate of drug-likeness (QED) is 0.777. The summed E-state index contributed by atoms with van der Waals surface area (Å²) in [4.78, 5) is 50.4. The highest BCUT2D eigenvalue weighted by atomic mass is 35.5. The Kier molecular flexibility index (Phi) is 4.60. The van der Waals surface area contributed by atoms with Gasteiger partial charge in [-0.2, -0.15) is 0 Å². The van der Waals surface area contributed by atoms with Crippen molar-refractivity contribution >= 4 is 40.9 Å². The van der Waals surface area contributed by atoms with Crippen LogP contribution < -0.4 is 10.6 Å². The van der Waals surface area contributed by atoms with Crippen LogP contribution in [0.5, 0.6) is 0 Å². The van der Waals surface area contributed by atoms with Gasteiger partial charge in [0, 0.05) is 29.8 Å². The Morgan fingerprint density at radius 3 is 2.64 bits per heavy atom. The highest BCUT2D eigenvalue weighted by Crippen LogP contribution is 2.32. The SMILES string of the molecule is O=C1CCC(N2Cc3c(NC(=O)c4ccccc4Cl)cccc3C2=O)C(=O)N1. The molecule has 4 amide bonds. The second-order valence-electron chi connectivity index (χ2n) is 6.67. The van der Waals surface area contributed by atoms with E-state index in [0.717, 1.165) is 0 Å². The van der Waals surface area contributed by atoms with Gasteiger partial charge in [-0.1, -0.05) is 29.8 Å². The van der Waals surface area contributed by atoms with Gasteiger partial charge in [-0.25, -0.2) is 0 Å². The van der Waals surface area contributed by atoms with Crippen LogP contribution in [0.3, 0.4) is 0 Å². The molecule has 0 aliphatic carbocycles. The second-order valence-corrected chi connectivity index (χ2v) is 7.07. The predicted octanol–water partition coefficient (Wildman–Crippen LogP) is 2.35. The Balaban J connectivity index is 1.60. The van der Waals surface area contributed by atoms with E-state index in [1.165, 1.54) is 4.90 Å². The number of fused-ring (bicyclic) bond motifs is 1. The van der Waals surface area contributed by atoms with Crippen LogP contribution in [-0.4, -0.2) is 34.6 Å². The normalized spacial score (nSPS) is 18.7. The van der Waals surface area contributed by atoms with Crippen molar-refractivity contribution in [1.29, 1.82) is 0 Å². The van der Waals surface area contributed by atoms with Gasteiger partial charge in [0.2, 0.25) is 11.8 Å². The van der Waals surface area contributed by atoms with Crippen molar-refractivity contribution in [3.05, 3.63) is 64.2 Å². The number of benzene rings is 2. The monoisotopic (exact) mass is 397 g/mol. The number of hydrogen-bond acceptors (Lipinski definition) is 4. The third-order valence-electron chi connectivity index (χ3n) is 4.95. The van der Waals surface area contributed by atoms with Crippen molar-refractivity contribution < 1.29 is 19.2 Å². The first kappa shape index (κ1) is 18.2. The molecule has 2 heterocycles. The molecule has 8 heteroatoms. The van der Waals surface area contributed by atoms with Gasteiger partial charge in [0.05, 0.1) is 10.6 Å². The predicted molar refractivity (Wildman–Crippen MR) is 102 cm³/mol. The molecule has 2 aromatic carbocycles. The zero-order chi connectivity index (χ0) is 19.8. The van der Waals surface area contributed by atoms with E-state index in [1.807, 2.05) is 0 Å². The van der Waals surface area contributed by atoms with Gasteiger partial charge in [-0.15, -0.1) is 0 Å². The molecule has 4 rings (SSSR count). The fraction of sp³-hybridized carbons (Fsp3) is 0.200. The standard InChI is InChI=1S/C20H16ClN3O4/c21-14-6-2-1-4-12(14)18(26)22-15-7-3-5-11-13(15)10-24(20(11)28)16-8-9-17(25)23-19(16)27/h1-7,16H,8-10H2,(H,22,26)(H,23,25,27). The summed E-state index contributed by atoms with van der Waals surface area (Å²) in [6, 6.07) is 11.0. The van der Waals surface area contributed by atoms with Gasteiger partial charge in [0.15, 0.2) is 0 Å². The molecule has 2 N–H and O–H groups in total. The molecule has 0 radical (unpaired) electrons. The summed E-state index contributed by atoms with van der Waals surface area (Å²) < 4.78 is 0. The third-order valence-corrected chi connectivity index (χ3v) is 5.28. The van der Waals surface area contributed by atoms with Gasteiger partial charge >= 0.3 is 0 Å². The Morgan fingerprint density at radius 2 is 1.89 bits per heavy atom. The number of amides is 4. The molecule has 2 aromatic rings. The molecule has 28 heavy (non-hydrogen) atoms. The number of imide groups is 1. The van der Waals surface area contributed by atoms with E-state index in [0.29, 0.717) is 27.4 Å². The van der Waals surface area contributed by atoms with Gasteiger partial charge < -0.3 is 10.2 Å². The van der Waals surface area contributed by atoms with Crippen LogP contribution in [0.15, 0.2) is 42.5 Å². The molecule has 142 valence electrons. The third kappa shape index (κ3) is 3.14. The van der Waals surface area contributed by atoms with E-state index in [2.05, 4.69) is 10.6 Å². The maximum atomic E-state index is 12.8. The highest BCUT2D eigenvalue weighted by Gasteiger charge is 2.39. The minimum Gasteiger partial charge on any atom is -0.322 e. The highest BCUT2D eigenvalue weighted by molar-refractivity contribution is 6.34. The van der Waals surface area contributed by atoms with Gasteiger partial charge in [0.1, 0.15) is 6.04 Å². The lowest BCUT2D eigenvalue weighted by molar-refractivity contribution is -0.136. The summed E-state index contributed by atoms with van der Waals surface area (Å²) in [7, 11) is 0. The zero-order valence-electron chi connectivity index (χ0n) is 14.7. The van der Waals surface area contributed by atoms with Crippen LogP contribution in [0.4, 0.5) is 5.69 Å². The molecule has 2 aliphatic rings. The van der Waals surface area contributed by atoms with E-state index < -0.39 is 11.9 Å². The maximum absolute atomic E-state index is 12.8. The summed E-state index contributed by atoms with van der Waals surface area (Å²) in [5.74, 6) is -1.48. The summed E-state index contributed by atoms with van der Waals surface area (Å²) in [6.45, 7) is 0.180. The molecule has 7 nitrogen and oxygen atoms in total. The van der Waals surface area contributed by atoms with Gasteiger partial charge in [-0.3, -0.25) is 24.5 Å². The van der Waals surface area contributed by atoms with Gasteiger partial charge in [0.25, 0.3) is 11.8 Å². The van der Waals surface area contributed by atoms with Crippen molar-refractivity contribution in [3.63, 3.8) is 0 Å². The van der Waals surface area contributed by atoms with Crippen LogP contribution in [0, 0.1) is 0 Å². The lowest BCUT2D eigenvalue weighted by Gasteiger charge is -2.29. The molecule has 1 saturated heterocycles. The average molecular weight is 398 g/mol. The molecule has 2 aliphatic heterocycles. The van der Waals surface area contributed by atoms with Crippen LogP contribution in [0.1, 0.15) is 39.1 Å². The minimum atomic E-state index is -0.704. The van der Waals surface area contributed by atoms with E-state index in [9.17, 15) is 19.2 Å². The lowest BCUT2D eigenvalue weighted by Crippen LogP contribution is -2.52. The summed E-state index contributed by atoms with van der Waals surface area (Å²) >= 11 is 6.08. The van der Waals surface area contributed by atoms with Crippen molar-refractivity contribution in [1.82, 2.24) is 10.2 Å². The number of halogens is 1. The van der Waals surface area contributed by atoms with Crippen molar-refractivity contribution in [2.75, 3.05) is 5.32 Å². The summed E-state index contributed by atoms with van der Waals surface area (Å²) in [5.41, 5.74) is 1.89. The van der Waals surface area contributed by atoms with E-state index in [1.54, 1.807) is 42.5 Å². The Labute approximate surface area is 165 Å². The number of nitrogens with one attached hydrogen (secondary N) is 2. The van der Waals surface area contributed by atoms with Gasteiger partial charge in [-0.05, 0) is 30.7 Å². The molecule has 1 fully saturated rings. The Bertz CT molecular complexity index is 1020. The number of anilines is 1.